The van der Waals surface area contributed by atoms with Crippen LogP contribution in [-0.4, -0.2) is 18.9 Å². The standard InChI is InChI=1S/C48H31N4OP/c53-54(36-13-3-1-4-14-36,37-15-5-2-6-16-37)38-27-25-33-29-32(23-24-34(33)30-38)35-26-28-45-41(31-35)39-17-8-11-21-44(39)51(45)48-50-42-19-9-7-18-40(42)47-49-43-20-10-12-22-46(43)52(47)48/h1-31H. The molecule has 0 aliphatic carbocycles. The van der Waals surface area contributed by atoms with Crippen molar-refractivity contribution in [3.8, 4) is 17.1 Å². The van der Waals surface area contributed by atoms with Gasteiger partial charge in [0.1, 0.15) is 5.65 Å². The molecule has 8 aromatic carbocycles. The molecule has 54 heavy (non-hydrogen) atoms. The molecule has 0 unspecified atom stereocenters. The Balaban J connectivity index is 1.07. The molecule has 3 aromatic heterocycles. The monoisotopic (exact) mass is 710 g/mol. The van der Waals surface area contributed by atoms with E-state index in [0.717, 1.165) is 93.2 Å². The summed E-state index contributed by atoms with van der Waals surface area (Å²) in [6.45, 7) is 0. The summed E-state index contributed by atoms with van der Waals surface area (Å²) in [4.78, 5) is 10.4. The van der Waals surface area contributed by atoms with Crippen LogP contribution >= 0.6 is 7.14 Å². The molecule has 11 rings (SSSR count). The van der Waals surface area contributed by atoms with Crippen molar-refractivity contribution in [3.05, 3.63) is 188 Å². The van der Waals surface area contributed by atoms with Crippen LogP contribution in [0.1, 0.15) is 0 Å². The fourth-order valence-electron chi connectivity index (χ4n) is 8.18. The van der Waals surface area contributed by atoms with Gasteiger partial charge < -0.3 is 4.57 Å². The van der Waals surface area contributed by atoms with Crippen molar-refractivity contribution in [1.29, 1.82) is 0 Å². The molecule has 11 aromatic rings. The van der Waals surface area contributed by atoms with Gasteiger partial charge >= 0.3 is 0 Å². The van der Waals surface area contributed by atoms with Gasteiger partial charge in [0.05, 0.1) is 27.6 Å². The average Bonchev–Trinajstić information content (AvgIpc) is 3.80. The lowest BCUT2D eigenvalue weighted by Crippen LogP contribution is -2.24. The lowest BCUT2D eigenvalue weighted by atomic mass is 9.99. The largest absolute Gasteiger partial charge is 0.309 e. The summed E-state index contributed by atoms with van der Waals surface area (Å²) in [7, 11) is -3.08. The minimum absolute atomic E-state index is 0.807. The molecule has 0 saturated heterocycles. The van der Waals surface area contributed by atoms with E-state index in [1.165, 1.54) is 0 Å². The molecule has 0 atom stereocenters. The van der Waals surface area contributed by atoms with Crippen molar-refractivity contribution in [1.82, 2.24) is 18.9 Å². The second kappa shape index (κ2) is 11.9. The number of nitrogens with zero attached hydrogens (tertiary/aromatic N) is 4. The van der Waals surface area contributed by atoms with E-state index in [4.69, 9.17) is 9.97 Å². The zero-order valence-electron chi connectivity index (χ0n) is 29.0. The Morgan fingerprint density at radius 3 is 1.76 bits per heavy atom. The molecule has 0 aliphatic heterocycles. The summed E-state index contributed by atoms with van der Waals surface area (Å²) < 4.78 is 19.5. The number of hydrogen-bond acceptors (Lipinski definition) is 3. The van der Waals surface area contributed by atoms with Crippen LogP contribution < -0.4 is 15.9 Å². The van der Waals surface area contributed by atoms with Gasteiger partial charge in [-0.05, 0) is 76.5 Å². The molecule has 254 valence electrons. The van der Waals surface area contributed by atoms with E-state index in [1.807, 2.05) is 84.9 Å². The van der Waals surface area contributed by atoms with Gasteiger partial charge in [0, 0.05) is 32.1 Å². The van der Waals surface area contributed by atoms with E-state index in [0.29, 0.717) is 0 Å². The van der Waals surface area contributed by atoms with Crippen molar-refractivity contribution in [2.24, 2.45) is 0 Å². The molecule has 0 amide bonds. The van der Waals surface area contributed by atoms with Crippen LogP contribution in [0.15, 0.2) is 188 Å². The highest BCUT2D eigenvalue weighted by molar-refractivity contribution is 7.85. The maximum atomic E-state index is 15.1. The fourth-order valence-corrected chi connectivity index (χ4v) is 10.9. The maximum absolute atomic E-state index is 15.1. The third-order valence-electron chi connectivity index (χ3n) is 10.8. The number of para-hydroxylation sites is 4. The highest BCUT2D eigenvalue weighted by Gasteiger charge is 2.29. The third-order valence-corrected chi connectivity index (χ3v) is 13.8. The zero-order chi connectivity index (χ0) is 35.8. The second-order valence-corrected chi connectivity index (χ2v) is 16.6. The lowest BCUT2D eigenvalue weighted by molar-refractivity contribution is 0.592. The van der Waals surface area contributed by atoms with Gasteiger partial charge in [0.2, 0.25) is 5.95 Å². The Morgan fingerprint density at radius 1 is 0.407 bits per heavy atom. The normalized spacial score (nSPS) is 12.1. The number of rotatable bonds is 5. The minimum atomic E-state index is -3.08. The molecule has 0 fully saturated rings. The topological polar surface area (TPSA) is 52.2 Å². The molecule has 3 heterocycles. The first-order valence-corrected chi connectivity index (χ1v) is 19.8. The molecule has 0 N–H and O–H groups in total. The van der Waals surface area contributed by atoms with Gasteiger partial charge in [-0.3, -0.25) is 8.97 Å². The second-order valence-electron chi connectivity index (χ2n) is 13.8. The molecule has 0 aliphatic rings. The number of hydrogen-bond donors (Lipinski definition) is 0. The Labute approximate surface area is 310 Å². The van der Waals surface area contributed by atoms with Crippen molar-refractivity contribution < 1.29 is 4.57 Å². The molecule has 5 nitrogen and oxygen atoms in total. The first-order chi connectivity index (χ1) is 26.6. The summed E-state index contributed by atoms with van der Waals surface area (Å²) in [6.07, 6.45) is 0. The van der Waals surface area contributed by atoms with E-state index in [1.54, 1.807) is 0 Å². The molecule has 6 heteroatoms. The predicted molar refractivity (Wildman–Crippen MR) is 225 cm³/mol. The van der Waals surface area contributed by atoms with Gasteiger partial charge in [-0.1, -0.05) is 133 Å². The summed E-state index contributed by atoms with van der Waals surface area (Å²) in [5.41, 5.74) is 8.15. The quantitative estimate of drug-likeness (QED) is 0.167. The van der Waals surface area contributed by atoms with Crippen LogP contribution in [-0.2, 0) is 4.57 Å². The van der Waals surface area contributed by atoms with Crippen molar-refractivity contribution in [2.45, 2.75) is 0 Å². The molecule has 0 bridgehead atoms. The number of benzene rings is 8. The van der Waals surface area contributed by atoms with Crippen molar-refractivity contribution in [3.63, 3.8) is 0 Å². The van der Waals surface area contributed by atoms with E-state index >= 15 is 4.57 Å². The molecular weight excluding hydrogens is 680 g/mol. The Bertz CT molecular complexity index is 3270. The molecule has 0 radical (unpaired) electrons. The summed E-state index contributed by atoms with van der Waals surface area (Å²) in [5, 5.41) is 7.98. The molecular formula is C48H31N4OP. The van der Waals surface area contributed by atoms with E-state index in [9.17, 15) is 0 Å². The highest BCUT2D eigenvalue weighted by atomic mass is 31.2. The van der Waals surface area contributed by atoms with E-state index in [2.05, 4.69) is 112 Å². The van der Waals surface area contributed by atoms with Crippen LogP contribution in [0.5, 0.6) is 0 Å². The van der Waals surface area contributed by atoms with Crippen LogP contribution in [0.25, 0.3) is 77.2 Å². The molecule has 0 saturated carbocycles. The first kappa shape index (κ1) is 30.8. The SMILES string of the molecule is O=P(c1ccccc1)(c1ccccc1)c1ccc2cc(-c3ccc4c(c3)c3ccccc3n4-c3nc4ccccc4c4nc5ccccc5n34)ccc2c1. The van der Waals surface area contributed by atoms with E-state index < -0.39 is 7.14 Å². The van der Waals surface area contributed by atoms with Crippen LogP contribution in [0, 0.1) is 0 Å². The Morgan fingerprint density at radius 2 is 0.981 bits per heavy atom. The third kappa shape index (κ3) is 4.55. The zero-order valence-corrected chi connectivity index (χ0v) is 29.9. The smallest absolute Gasteiger partial charge is 0.221 e. The van der Waals surface area contributed by atoms with Crippen LogP contribution in [0.3, 0.4) is 0 Å². The van der Waals surface area contributed by atoms with Gasteiger partial charge in [-0.15, -0.1) is 0 Å². The summed E-state index contributed by atoms with van der Waals surface area (Å²) in [6, 6.07) is 64.3. The van der Waals surface area contributed by atoms with Crippen LogP contribution in [0.4, 0.5) is 0 Å². The van der Waals surface area contributed by atoms with Gasteiger partial charge in [0.15, 0.2) is 7.14 Å². The molecule has 0 spiro atoms. The number of imidazole rings is 1. The van der Waals surface area contributed by atoms with Gasteiger partial charge in [-0.25, -0.2) is 9.97 Å². The number of aromatic nitrogens is 4. The first-order valence-electron chi connectivity index (χ1n) is 18.1. The number of fused-ring (bicyclic) bond motifs is 9. The van der Waals surface area contributed by atoms with Gasteiger partial charge in [-0.2, -0.15) is 0 Å². The van der Waals surface area contributed by atoms with Crippen molar-refractivity contribution in [2.75, 3.05) is 0 Å². The Hall–Kier alpha value is -6.81. The van der Waals surface area contributed by atoms with E-state index in [-0.39, 0.29) is 0 Å². The maximum Gasteiger partial charge on any atom is 0.221 e. The fraction of sp³-hybridized carbons (Fsp3) is 0. The van der Waals surface area contributed by atoms with Crippen LogP contribution in [0.2, 0.25) is 0 Å². The summed E-state index contributed by atoms with van der Waals surface area (Å²) >= 11 is 0. The minimum Gasteiger partial charge on any atom is -0.309 e. The van der Waals surface area contributed by atoms with Crippen molar-refractivity contribution >= 4 is 83.2 Å². The highest BCUT2D eigenvalue weighted by Crippen LogP contribution is 2.43. The average molecular weight is 711 g/mol. The summed E-state index contributed by atoms with van der Waals surface area (Å²) in [5.74, 6) is 0.807. The van der Waals surface area contributed by atoms with Gasteiger partial charge in [0.25, 0.3) is 0 Å². The Kier molecular flexibility index (Phi) is 6.76. The lowest BCUT2D eigenvalue weighted by Gasteiger charge is -2.20. The predicted octanol–water partition coefficient (Wildman–Crippen LogP) is 10.6.